The minimum Gasteiger partial charge on any atom is -0.351 e. The molecule has 2 fully saturated rings. The number of carbonyl (C=O) groups is 2. The Morgan fingerprint density at radius 3 is 2.64 bits per heavy atom. The highest BCUT2D eigenvalue weighted by Crippen LogP contribution is 2.26. The van der Waals surface area contributed by atoms with Crippen molar-refractivity contribution in [3.8, 4) is 0 Å². The lowest BCUT2D eigenvalue weighted by atomic mass is 9.97. The van der Waals surface area contributed by atoms with Gasteiger partial charge in [0.25, 0.3) is 0 Å². The summed E-state index contributed by atoms with van der Waals surface area (Å²) in [6.45, 7) is 6.36. The predicted molar refractivity (Wildman–Crippen MR) is 84.0 cm³/mol. The van der Waals surface area contributed by atoms with Crippen LogP contribution in [0.1, 0.15) is 46.5 Å². The largest absolute Gasteiger partial charge is 0.351 e. The van der Waals surface area contributed by atoms with Crippen molar-refractivity contribution in [3.05, 3.63) is 0 Å². The molecule has 2 aliphatic heterocycles. The SMILES string of the molecule is CCCC(C)(C)NC(=O)[C@H]1CC(=O)N([C@@H]2CCS(=O)(=O)C2)C1. The van der Waals surface area contributed by atoms with Gasteiger partial charge in [-0.1, -0.05) is 13.3 Å². The highest BCUT2D eigenvalue weighted by Gasteiger charge is 2.42. The van der Waals surface area contributed by atoms with E-state index < -0.39 is 9.84 Å². The van der Waals surface area contributed by atoms with E-state index in [1.165, 1.54) is 0 Å². The summed E-state index contributed by atoms with van der Waals surface area (Å²) >= 11 is 0. The third-order valence-corrected chi connectivity index (χ3v) is 6.27. The van der Waals surface area contributed by atoms with Crippen LogP contribution in [0.3, 0.4) is 0 Å². The molecule has 1 N–H and O–H groups in total. The summed E-state index contributed by atoms with van der Waals surface area (Å²) in [4.78, 5) is 26.1. The van der Waals surface area contributed by atoms with Gasteiger partial charge in [0.15, 0.2) is 9.84 Å². The average Bonchev–Trinajstić information content (AvgIpc) is 2.91. The second-order valence-corrected chi connectivity index (χ2v) is 9.36. The van der Waals surface area contributed by atoms with Crippen molar-refractivity contribution in [2.75, 3.05) is 18.1 Å². The number of hydrogen-bond donors (Lipinski definition) is 1. The first-order valence-corrected chi connectivity index (χ1v) is 9.77. The Morgan fingerprint density at radius 2 is 2.09 bits per heavy atom. The quantitative estimate of drug-likeness (QED) is 0.805. The number of likely N-dealkylation sites (tertiary alicyclic amines) is 1. The molecule has 0 unspecified atom stereocenters. The molecule has 2 heterocycles. The van der Waals surface area contributed by atoms with Crippen molar-refractivity contribution < 1.29 is 18.0 Å². The van der Waals surface area contributed by atoms with Crippen LogP contribution >= 0.6 is 0 Å². The van der Waals surface area contributed by atoms with E-state index in [4.69, 9.17) is 0 Å². The summed E-state index contributed by atoms with van der Waals surface area (Å²) in [7, 11) is -3.02. The molecule has 0 spiro atoms. The number of nitrogens with zero attached hydrogens (tertiary/aromatic N) is 1. The lowest BCUT2D eigenvalue weighted by Crippen LogP contribution is -2.47. The Balaban J connectivity index is 1.96. The Labute approximate surface area is 132 Å². The molecule has 0 aromatic heterocycles. The van der Waals surface area contributed by atoms with Gasteiger partial charge in [0.1, 0.15) is 0 Å². The van der Waals surface area contributed by atoms with Crippen LogP contribution in [-0.4, -0.2) is 54.8 Å². The fourth-order valence-electron chi connectivity index (χ4n) is 3.40. The number of sulfone groups is 1. The van der Waals surface area contributed by atoms with Crippen LogP contribution in [0.2, 0.25) is 0 Å². The van der Waals surface area contributed by atoms with E-state index >= 15 is 0 Å². The molecular weight excluding hydrogens is 304 g/mol. The molecular formula is C15H26N2O4S. The second-order valence-electron chi connectivity index (χ2n) is 7.13. The molecule has 6 nitrogen and oxygen atoms in total. The van der Waals surface area contributed by atoms with Crippen LogP contribution in [-0.2, 0) is 19.4 Å². The zero-order chi connectivity index (χ0) is 16.5. The van der Waals surface area contributed by atoms with Crippen LogP contribution < -0.4 is 5.32 Å². The monoisotopic (exact) mass is 330 g/mol. The minimum atomic E-state index is -3.02. The lowest BCUT2D eigenvalue weighted by molar-refractivity contribution is -0.130. The molecule has 0 aromatic carbocycles. The fraction of sp³-hybridized carbons (Fsp3) is 0.867. The maximum atomic E-state index is 12.4. The van der Waals surface area contributed by atoms with E-state index in [2.05, 4.69) is 12.2 Å². The molecule has 2 saturated heterocycles. The molecule has 2 atom stereocenters. The predicted octanol–water partition coefficient (Wildman–Crippen LogP) is 0.717. The van der Waals surface area contributed by atoms with Gasteiger partial charge in [0, 0.05) is 24.5 Å². The van der Waals surface area contributed by atoms with E-state index in [0.29, 0.717) is 13.0 Å². The van der Waals surface area contributed by atoms with Crippen LogP contribution in [0.4, 0.5) is 0 Å². The van der Waals surface area contributed by atoms with Gasteiger partial charge in [-0.15, -0.1) is 0 Å². The normalized spacial score (nSPS) is 28.1. The maximum Gasteiger partial charge on any atom is 0.225 e. The van der Waals surface area contributed by atoms with E-state index in [1.54, 1.807) is 4.90 Å². The van der Waals surface area contributed by atoms with E-state index in [-0.39, 0.29) is 47.2 Å². The summed E-state index contributed by atoms with van der Waals surface area (Å²) in [5.41, 5.74) is -0.279. The minimum absolute atomic E-state index is 0.0361. The summed E-state index contributed by atoms with van der Waals surface area (Å²) in [5.74, 6) is -0.395. The number of amides is 2. The summed E-state index contributed by atoms with van der Waals surface area (Å²) in [6, 6.07) is -0.251. The number of nitrogens with one attached hydrogen (secondary N) is 1. The van der Waals surface area contributed by atoms with Crippen molar-refractivity contribution >= 4 is 21.7 Å². The molecule has 2 amide bonds. The summed E-state index contributed by atoms with van der Waals surface area (Å²) in [6.07, 6.45) is 2.53. The van der Waals surface area contributed by atoms with E-state index in [0.717, 1.165) is 12.8 Å². The van der Waals surface area contributed by atoms with E-state index in [9.17, 15) is 18.0 Å². The second kappa shape index (κ2) is 6.18. The summed E-state index contributed by atoms with van der Waals surface area (Å²) < 4.78 is 23.1. The first-order chi connectivity index (χ1) is 10.1. The van der Waals surface area contributed by atoms with Gasteiger partial charge in [-0.05, 0) is 26.7 Å². The summed E-state index contributed by atoms with van der Waals surface area (Å²) in [5, 5.41) is 3.01. The van der Waals surface area contributed by atoms with Crippen LogP contribution in [0.15, 0.2) is 0 Å². The zero-order valence-electron chi connectivity index (χ0n) is 13.6. The van der Waals surface area contributed by atoms with Crippen molar-refractivity contribution in [2.24, 2.45) is 5.92 Å². The molecule has 2 rings (SSSR count). The first kappa shape index (κ1) is 17.2. The van der Waals surface area contributed by atoms with Gasteiger partial charge >= 0.3 is 0 Å². The van der Waals surface area contributed by atoms with Crippen LogP contribution in [0.25, 0.3) is 0 Å². The van der Waals surface area contributed by atoms with Crippen LogP contribution in [0, 0.1) is 5.92 Å². The maximum absolute atomic E-state index is 12.4. The Hall–Kier alpha value is -1.11. The number of carbonyl (C=O) groups excluding carboxylic acids is 2. The van der Waals surface area contributed by atoms with Gasteiger partial charge < -0.3 is 10.2 Å². The smallest absolute Gasteiger partial charge is 0.225 e. The molecule has 7 heteroatoms. The standard InChI is InChI=1S/C15H26N2O4S/c1-4-6-15(2,3)16-14(19)11-8-13(18)17(9-11)12-5-7-22(20,21)10-12/h11-12H,4-10H2,1-3H3,(H,16,19)/t11-,12+/m0/s1. The zero-order valence-corrected chi connectivity index (χ0v) is 14.4. The van der Waals surface area contributed by atoms with Gasteiger partial charge in [0.2, 0.25) is 11.8 Å². The highest BCUT2D eigenvalue weighted by atomic mass is 32.2. The molecule has 0 saturated carbocycles. The van der Waals surface area contributed by atoms with Gasteiger partial charge in [0.05, 0.1) is 17.4 Å². The van der Waals surface area contributed by atoms with Gasteiger partial charge in [-0.25, -0.2) is 8.42 Å². The Kier molecular flexibility index (Phi) is 4.84. The highest BCUT2D eigenvalue weighted by molar-refractivity contribution is 7.91. The van der Waals surface area contributed by atoms with Gasteiger partial charge in [-0.3, -0.25) is 9.59 Å². The molecule has 126 valence electrons. The topological polar surface area (TPSA) is 83.6 Å². The van der Waals surface area contributed by atoms with Crippen LogP contribution in [0.5, 0.6) is 0 Å². The molecule has 0 radical (unpaired) electrons. The van der Waals surface area contributed by atoms with Crippen molar-refractivity contribution in [2.45, 2.75) is 58.0 Å². The lowest BCUT2D eigenvalue weighted by Gasteiger charge is -2.28. The Bertz CT molecular complexity index is 556. The third kappa shape index (κ3) is 4.00. The molecule has 0 bridgehead atoms. The molecule has 22 heavy (non-hydrogen) atoms. The van der Waals surface area contributed by atoms with Crippen molar-refractivity contribution in [1.29, 1.82) is 0 Å². The van der Waals surface area contributed by atoms with Gasteiger partial charge in [-0.2, -0.15) is 0 Å². The third-order valence-electron chi connectivity index (χ3n) is 4.51. The number of hydrogen-bond acceptors (Lipinski definition) is 4. The Morgan fingerprint density at radius 1 is 1.41 bits per heavy atom. The molecule has 2 aliphatic rings. The number of rotatable bonds is 5. The molecule has 0 aromatic rings. The van der Waals surface area contributed by atoms with Crippen molar-refractivity contribution in [3.63, 3.8) is 0 Å². The van der Waals surface area contributed by atoms with Crippen molar-refractivity contribution in [1.82, 2.24) is 10.2 Å². The average molecular weight is 330 g/mol. The molecule has 0 aliphatic carbocycles. The van der Waals surface area contributed by atoms with E-state index in [1.807, 2.05) is 13.8 Å². The fourth-order valence-corrected chi connectivity index (χ4v) is 5.14. The first-order valence-electron chi connectivity index (χ1n) is 7.95.